The van der Waals surface area contributed by atoms with E-state index in [1.54, 1.807) is 18.9 Å². The molecule has 1 amide bonds. The minimum absolute atomic E-state index is 0.00292. The highest BCUT2D eigenvalue weighted by molar-refractivity contribution is 5.88. The van der Waals surface area contributed by atoms with Crippen LogP contribution in [0.5, 0.6) is 0 Å². The fourth-order valence-corrected chi connectivity index (χ4v) is 1.92. The summed E-state index contributed by atoms with van der Waals surface area (Å²) in [6.45, 7) is 6.66. The molecular weight excluding hydrogens is 206 g/mol. The largest absolute Gasteiger partial charge is 0.369 e. The maximum atomic E-state index is 12.2. The molecule has 0 N–H and O–H groups in total. The van der Waals surface area contributed by atoms with E-state index in [0.717, 1.165) is 0 Å². The molecule has 4 heteroatoms. The molecule has 1 fully saturated rings. The highest BCUT2D eigenvalue weighted by Crippen LogP contribution is 2.21. The Balaban J connectivity index is 2.71. The number of hydrogen-bond donors (Lipinski definition) is 0. The van der Waals surface area contributed by atoms with E-state index >= 15 is 0 Å². The molecule has 1 heterocycles. The van der Waals surface area contributed by atoms with Gasteiger partial charge in [0.2, 0.25) is 0 Å². The average Bonchev–Trinajstić information content (AvgIpc) is 2.30. The Bertz CT molecular complexity index is 284. The Morgan fingerprint density at radius 3 is 2.69 bits per heavy atom. The third-order valence-corrected chi connectivity index (χ3v) is 3.54. The molecule has 0 spiro atoms. The number of nitrogens with zero attached hydrogens (tertiary/aromatic N) is 1. The predicted octanol–water partition coefficient (Wildman–Crippen LogP) is 1.24. The first-order valence-corrected chi connectivity index (χ1v) is 5.82. The van der Waals surface area contributed by atoms with Gasteiger partial charge in [0.1, 0.15) is 11.4 Å². The van der Waals surface area contributed by atoms with Gasteiger partial charge in [0.25, 0.3) is 5.91 Å². The number of likely N-dealkylation sites (tertiary alicyclic amines) is 1. The van der Waals surface area contributed by atoms with Crippen molar-refractivity contribution in [1.82, 2.24) is 4.90 Å². The average molecular weight is 227 g/mol. The number of Topliss-reactive ketones (excluding diaryl/α,β-unsaturated/α-hetero) is 1. The van der Waals surface area contributed by atoms with Gasteiger partial charge >= 0.3 is 0 Å². The first-order chi connectivity index (χ1) is 7.44. The van der Waals surface area contributed by atoms with E-state index in [4.69, 9.17) is 4.74 Å². The number of ketones is 1. The number of carbonyl (C=O) groups excluding carboxylic acids is 2. The molecule has 0 aromatic heterocycles. The normalized spacial score (nSPS) is 25.4. The van der Waals surface area contributed by atoms with Crippen LogP contribution < -0.4 is 0 Å². The summed E-state index contributed by atoms with van der Waals surface area (Å²) in [5, 5.41) is 0. The van der Waals surface area contributed by atoms with Crippen molar-refractivity contribution in [3.63, 3.8) is 0 Å². The van der Waals surface area contributed by atoms with Crippen molar-refractivity contribution in [2.75, 3.05) is 20.2 Å². The lowest BCUT2D eigenvalue weighted by Crippen LogP contribution is -2.52. The fourth-order valence-electron chi connectivity index (χ4n) is 1.92. The van der Waals surface area contributed by atoms with Crippen LogP contribution in [0.25, 0.3) is 0 Å². The molecule has 0 aromatic rings. The SMILES string of the molecule is CCC(C)(OC)C(=O)N1CCC(=O)C(C)C1. The molecule has 0 saturated carbocycles. The van der Waals surface area contributed by atoms with Gasteiger partial charge < -0.3 is 9.64 Å². The maximum absolute atomic E-state index is 12.2. The Hall–Kier alpha value is -0.900. The number of amides is 1. The van der Waals surface area contributed by atoms with Gasteiger partial charge in [-0.05, 0) is 13.3 Å². The van der Waals surface area contributed by atoms with Gasteiger partial charge in [0, 0.05) is 32.5 Å². The van der Waals surface area contributed by atoms with E-state index in [2.05, 4.69) is 0 Å². The van der Waals surface area contributed by atoms with Gasteiger partial charge in [0.15, 0.2) is 0 Å². The number of methoxy groups -OCH3 is 1. The van der Waals surface area contributed by atoms with Gasteiger partial charge in [-0.25, -0.2) is 0 Å². The minimum Gasteiger partial charge on any atom is -0.369 e. The lowest BCUT2D eigenvalue weighted by atomic mass is 9.95. The second-order valence-corrected chi connectivity index (χ2v) is 4.66. The molecule has 4 nitrogen and oxygen atoms in total. The van der Waals surface area contributed by atoms with Crippen molar-refractivity contribution < 1.29 is 14.3 Å². The summed E-state index contributed by atoms with van der Waals surface area (Å²) in [5.41, 5.74) is -0.750. The third-order valence-electron chi connectivity index (χ3n) is 3.54. The molecule has 1 aliphatic rings. The number of ether oxygens (including phenoxy) is 1. The highest BCUT2D eigenvalue weighted by atomic mass is 16.5. The Morgan fingerprint density at radius 2 is 2.25 bits per heavy atom. The van der Waals surface area contributed by atoms with Gasteiger partial charge in [-0.15, -0.1) is 0 Å². The molecule has 0 aromatic carbocycles. The lowest BCUT2D eigenvalue weighted by molar-refractivity contribution is -0.156. The van der Waals surface area contributed by atoms with Crippen LogP contribution in [0.4, 0.5) is 0 Å². The van der Waals surface area contributed by atoms with Crippen LogP contribution in [0.3, 0.4) is 0 Å². The van der Waals surface area contributed by atoms with Gasteiger partial charge in [-0.1, -0.05) is 13.8 Å². The van der Waals surface area contributed by atoms with Crippen molar-refractivity contribution in [3.05, 3.63) is 0 Å². The summed E-state index contributed by atoms with van der Waals surface area (Å²) in [5.74, 6) is 0.201. The van der Waals surface area contributed by atoms with Crippen LogP contribution in [0.1, 0.15) is 33.6 Å². The van der Waals surface area contributed by atoms with E-state index in [-0.39, 0.29) is 17.6 Å². The third kappa shape index (κ3) is 2.43. The predicted molar refractivity (Wildman–Crippen MR) is 61.1 cm³/mol. The zero-order valence-electron chi connectivity index (χ0n) is 10.6. The standard InChI is InChI=1S/C12H21NO3/c1-5-12(3,16-4)11(15)13-7-6-10(14)9(2)8-13/h9H,5-8H2,1-4H3. The van der Waals surface area contributed by atoms with Crippen molar-refractivity contribution >= 4 is 11.7 Å². The fraction of sp³-hybridized carbons (Fsp3) is 0.833. The topological polar surface area (TPSA) is 46.6 Å². The van der Waals surface area contributed by atoms with Crippen molar-refractivity contribution in [1.29, 1.82) is 0 Å². The number of rotatable bonds is 3. The maximum Gasteiger partial charge on any atom is 0.254 e. The van der Waals surface area contributed by atoms with Crippen LogP contribution >= 0.6 is 0 Å². The summed E-state index contributed by atoms with van der Waals surface area (Å²) in [6.07, 6.45) is 1.11. The monoisotopic (exact) mass is 227 g/mol. The van der Waals surface area contributed by atoms with E-state index in [1.807, 2.05) is 13.8 Å². The van der Waals surface area contributed by atoms with Gasteiger partial charge in [0.05, 0.1) is 0 Å². The number of carbonyl (C=O) groups is 2. The Kier molecular flexibility index (Phi) is 4.08. The zero-order valence-corrected chi connectivity index (χ0v) is 10.6. The van der Waals surface area contributed by atoms with Crippen LogP contribution in [0, 0.1) is 5.92 Å². The Labute approximate surface area is 96.9 Å². The lowest BCUT2D eigenvalue weighted by Gasteiger charge is -2.36. The quantitative estimate of drug-likeness (QED) is 0.728. The smallest absolute Gasteiger partial charge is 0.254 e. The molecule has 0 aliphatic carbocycles. The van der Waals surface area contributed by atoms with Gasteiger partial charge in [-0.3, -0.25) is 9.59 Å². The molecule has 1 aliphatic heterocycles. The second-order valence-electron chi connectivity index (χ2n) is 4.66. The summed E-state index contributed by atoms with van der Waals surface area (Å²) in [4.78, 5) is 25.4. The number of piperidine rings is 1. The first-order valence-electron chi connectivity index (χ1n) is 5.82. The summed E-state index contributed by atoms with van der Waals surface area (Å²) >= 11 is 0. The molecule has 1 saturated heterocycles. The molecular formula is C12H21NO3. The summed E-state index contributed by atoms with van der Waals surface area (Å²) in [6, 6.07) is 0. The molecule has 2 atom stereocenters. The van der Waals surface area contributed by atoms with E-state index in [9.17, 15) is 9.59 Å². The van der Waals surface area contributed by atoms with E-state index in [0.29, 0.717) is 25.9 Å². The van der Waals surface area contributed by atoms with Crippen LogP contribution in [-0.4, -0.2) is 42.4 Å². The van der Waals surface area contributed by atoms with E-state index in [1.165, 1.54) is 0 Å². The minimum atomic E-state index is -0.750. The second kappa shape index (κ2) is 4.95. The zero-order chi connectivity index (χ0) is 12.3. The van der Waals surface area contributed by atoms with Crippen molar-refractivity contribution in [2.24, 2.45) is 5.92 Å². The summed E-state index contributed by atoms with van der Waals surface area (Å²) in [7, 11) is 1.56. The Morgan fingerprint density at radius 1 is 1.62 bits per heavy atom. The summed E-state index contributed by atoms with van der Waals surface area (Å²) < 4.78 is 5.29. The van der Waals surface area contributed by atoms with E-state index < -0.39 is 5.60 Å². The molecule has 0 bridgehead atoms. The molecule has 92 valence electrons. The van der Waals surface area contributed by atoms with Crippen LogP contribution in [0.15, 0.2) is 0 Å². The van der Waals surface area contributed by atoms with Crippen LogP contribution in [0.2, 0.25) is 0 Å². The molecule has 16 heavy (non-hydrogen) atoms. The first kappa shape index (κ1) is 13.2. The van der Waals surface area contributed by atoms with Gasteiger partial charge in [-0.2, -0.15) is 0 Å². The van der Waals surface area contributed by atoms with Crippen molar-refractivity contribution in [3.8, 4) is 0 Å². The van der Waals surface area contributed by atoms with Crippen molar-refractivity contribution in [2.45, 2.75) is 39.2 Å². The molecule has 1 rings (SSSR count). The molecule has 2 unspecified atom stereocenters. The van der Waals surface area contributed by atoms with Crippen LogP contribution in [-0.2, 0) is 14.3 Å². The number of hydrogen-bond acceptors (Lipinski definition) is 3. The molecule has 0 radical (unpaired) electrons. The highest BCUT2D eigenvalue weighted by Gasteiger charge is 2.37.